The smallest absolute Gasteiger partial charge is 0.241 e. The van der Waals surface area contributed by atoms with Crippen LogP contribution in [0, 0.1) is 0 Å². The number of morpholine rings is 1. The molecule has 1 aromatic carbocycles. The predicted octanol–water partition coefficient (Wildman–Crippen LogP) is 1.59. The zero-order valence-corrected chi connectivity index (χ0v) is 15.1. The summed E-state index contributed by atoms with van der Waals surface area (Å²) in [5, 5.41) is 6.18. The Labute approximate surface area is 154 Å². The van der Waals surface area contributed by atoms with Crippen LogP contribution in [0.4, 0.5) is 5.69 Å². The van der Waals surface area contributed by atoms with Crippen molar-refractivity contribution in [1.29, 1.82) is 0 Å². The topological polar surface area (TPSA) is 70.7 Å². The number of nitrogens with zero attached hydrogens (tertiary/aromatic N) is 1. The van der Waals surface area contributed by atoms with Crippen LogP contribution in [0.2, 0.25) is 0 Å². The molecule has 2 amide bonds. The lowest BCUT2D eigenvalue weighted by atomic mass is 10.0. The van der Waals surface area contributed by atoms with Gasteiger partial charge in [-0.25, -0.2) is 0 Å². The van der Waals surface area contributed by atoms with Gasteiger partial charge in [-0.3, -0.25) is 9.59 Å². The Balaban J connectivity index is 0.00000225. The number of hydrogen-bond donors (Lipinski definition) is 2. The lowest BCUT2D eigenvalue weighted by Crippen LogP contribution is -2.43. The Morgan fingerprint density at radius 2 is 1.88 bits per heavy atom. The molecule has 138 valence electrons. The number of rotatable bonds is 4. The molecular weight excluding hydrogens is 342 g/mol. The fraction of sp³-hybridized carbons (Fsp3) is 0.556. The van der Waals surface area contributed by atoms with Crippen molar-refractivity contribution in [3.05, 3.63) is 29.8 Å². The number of halogens is 1. The maximum absolute atomic E-state index is 12.2. The minimum Gasteiger partial charge on any atom is -0.378 e. The normalized spacial score (nSPS) is 20.5. The predicted molar refractivity (Wildman–Crippen MR) is 99.1 cm³/mol. The highest BCUT2D eigenvalue weighted by atomic mass is 35.5. The molecule has 0 radical (unpaired) electrons. The Morgan fingerprint density at radius 1 is 1.16 bits per heavy atom. The fourth-order valence-electron chi connectivity index (χ4n) is 3.11. The van der Waals surface area contributed by atoms with Crippen molar-refractivity contribution in [3.8, 4) is 0 Å². The Kier molecular flexibility index (Phi) is 7.68. The minimum absolute atomic E-state index is 0. The highest BCUT2D eigenvalue weighted by Crippen LogP contribution is 2.14. The van der Waals surface area contributed by atoms with E-state index in [9.17, 15) is 9.59 Å². The fourth-order valence-corrected chi connectivity index (χ4v) is 3.11. The van der Waals surface area contributed by atoms with Gasteiger partial charge < -0.3 is 20.3 Å². The quantitative estimate of drug-likeness (QED) is 0.847. The SMILES string of the molecule is Cl.O=C(Nc1ccc(CC(=O)N2CCOCC2)cc1)C1CCCCN1. The average Bonchev–Trinajstić information content (AvgIpc) is 2.65. The van der Waals surface area contributed by atoms with Crippen molar-refractivity contribution in [2.24, 2.45) is 0 Å². The molecule has 0 aromatic heterocycles. The van der Waals surface area contributed by atoms with Gasteiger partial charge in [0.1, 0.15) is 0 Å². The van der Waals surface area contributed by atoms with Crippen LogP contribution in [0.1, 0.15) is 24.8 Å². The third-order valence-corrected chi connectivity index (χ3v) is 4.57. The molecule has 2 fully saturated rings. The van der Waals surface area contributed by atoms with Crippen LogP contribution >= 0.6 is 12.4 Å². The maximum Gasteiger partial charge on any atom is 0.241 e. The Bertz CT molecular complexity index is 516. The summed E-state index contributed by atoms with van der Waals surface area (Å²) < 4.78 is 5.26. The number of ether oxygens (including phenoxy) is 1. The molecule has 0 bridgehead atoms. The van der Waals surface area contributed by atoms with E-state index in [1.165, 1.54) is 0 Å². The van der Waals surface area contributed by atoms with Crippen molar-refractivity contribution in [2.45, 2.75) is 31.7 Å². The first-order valence-electron chi connectivity index (χ1n) is 8.71. The second-order valence-corrected chi connectivity index (χ2v) is 6.36. The van der Waals surface area contributed by atoms with E-state index in [0.29, 0.717) is 32.7 Å². The van der Waals surface area contributed by atoms with Crippen molar-refractivity contribution in [1.82, 2.24) is 10.2 Å². The molecule has 2 aliphatic heterocycles. The standard InChI is InChI=1S/C18H25N3O3.ClH/c22-17(21-9-11-24-12-10-21)13-14-4-6-15(7-5-14)20-18(23)16-3-1-2-8-19-16;/h4-7,16,19H,1-3,8-13H2,(H,20,23);1H. The monoisotopic (exact) mass is 367 g/mol. The lowest BCUT2D eigenvalue weighted by molar-refractivity contribution is -0.134. The number of hydrogen-bond acceptors (Lipinski definition) is 4. The molecule has 2 heterocycles. The van der Waals surface area contributed by atoms with Crippen LogP contribution in [0.25, 0.3) is 0 Å². The van der Waals surface area contributed by atoms with Gasteiger partial charge in [0.05, 0.1) is 25.7 Å². The van der Waals surface area contributed by atoms with Gasteiger partial charge in [0, 0.05) is 18.8 Å². The largest absolute Gasteiger partial charge is 0.378 e. The summed E-state index contributed by atoms with van der Waals surface area (Å²) in [4.78, 5) is 26.3. The first kappa shape index (κ1) is 19.7. The average molecular weight is 368 g/mol. The summed E-state index contributed by atoms with van der Waals surface area (Å²) >= 11 is 0. The van der Waals surface area contributed by atoms with Crippen LogP contribution in [-0.2, 0) is 20.7 Å². The van der Waals surface area contributed by atoms with Gasteiger partial charge in [-0.1, -0.05) is 18.6 Å². The third-order valence-electron chi connectivity index (χ3n) is 4.57. The van der Waals surface area contributed by atoms with E-state index in [1.54, 1.807) is 0 Å². The summed E-state index contributed by atoms with van der Waals surface area (Å²) in [7, 11) is 0. The third kappa shape index (κ3) is 5.70. The van der Waals surface area contributed by atoms with Crippen LogP contribution in [0.15, 0.2) is 24.3 Å². The number of carbonyl (C=O) groups excluding carboxylic acids is 2. The highest BCUT2D eigenvalue weighted by molar-refractivity contribution is 5.94. The van der Waals surface area contributed by atoms with Crippen LogP contribution < -0.4 is 10.6 Å². The van der Waals surface area contributed by atoms with E-state index in [1.807, 2.05) is 29.2 Å². The number of piperidine rings is 1. The molecule has 0 spiro atoms. The first-order chi connectivity index (χ1) is 11.7. The zero-order chi connectivity index (χ0) is 16.8. The maximum atomic E-state index is 12.2. The number of benzene rings is 1. The van der Waals surface area contributed by atoms with Gasteiger partial charge in [-0.05, 0) is 37.1 Å². The van der Waals surface area contributed by atoms with E-state index in [4.69, 9.17) is 4.74 Å². The molecule has 0 saturated carbocycles. The van der Waals surface area contributed by atoms with E-state index >= 15 is 0 Å². The minimum atomic E-state index is -0.0960. The number of nitrogens with one attached hydrogen (secondary N) is 2. The number of carbonyl (C=O) groups is 2. The van der Waals surface area contributed by atoms with Crippen molar-refractivity contribution in [2.75, 3.05) is 38.2 Å². The second-order valence-electron chi connectivity index (χ2n) is 6.36. The molecule has 1 unspecified atom stereocenters. The molecule has 7 heteroatoms. The summed E-state index contributed by atoms with van der Waals surface area (Å²) in [6.45, 7) is 3.47. The zero-order valence-electron chi connectivity index (χ0n) is 14.3. The molecule has 2 saturated heterocycles. The van der Waals surface area contributed by atoms with Crippen molar-refractivity contribution >= 4 is 29.9 Å². The van der Waals surface area contributed by atoms with Gasteiger partial charge in [0.25, 0.3) is 0 Å². The lowest BCUT2D eigenvalue weighted by Gasteiger charge is -2.26. The molecule has 1 aromatic rings. The second kappa shape index (κ2) is 9.75. The molecule has 1 atom stereocenters. The van der Waals surface area contributed by atoms with Crippen LogP contribution in [0.5, 0.6) is 0 Å². The molecule has 2 N–H and O–H groups in total. The Morgan fingerprint density at radius 3 is 2.52 bits per heavy atom. The van der Waals surface area contributed by atoms with E-state index in [0.717, 1.165) is 37.1 Å². The highest BCUT2D eigenvalue weighted by Gasteiger charge is 2.20. The summed E-state index contributed by atoms with van der Waals surface area (Å²) in [5.41, 5.74) is 1.73. The van der Waals surface area contributed by atoms with Gasteiger partial charge in [0.15, 0.2) is 0 Å². The van der Waals surface area contributed by atoms with Gasteiger partial charge in [0.2, 0.25) is 11.8 Å². The molecule has 6 nitrogen and oxygen atoms in total. The molecule has 25 heavy (non-hydrogen) atoms. The van der Waals surface area contributed by atoms with Crippen molar-refractivity contribution in [3.63, 3.8) is 0 Å². The van der Waals surface area contributed by atoms with Gasteiger partial charge in [-0.2, -0.15) is 0 Å². The first-order valence-corrected chi connectivity index (χ1v) is 8.71. The van der Waals surface area contributed by atoms with E-state index in [2.05, 4.69) is 10.6 Å². The Hall–Kier alpha value is -1.63. The summed E-state index contributed by atoms with van der Waals surface area (Å²) in [6.07, 6.45) is 3.50. The summed E-state index contributed by atoms with van der Waals surface area (Å²) in [6, 6.07) is 7.44. The van der Waals surface area contributed by atoms with Crippen LogP contribution in [0.3, 0.4) is 0 Å². The van der Waals surface area contributed by atoms with E-state index in [-0.39, 0.29) is 30.3 Å². The van der Waals surface area contributed by atoms with Gasteiger partial charge in [-0.15, -0.1) is 12.4 Å². The van der Waals surface area contributed by atoms with E-state index < -0.39 is 0 Å². The molecule has 2 aliphatic rings. The molecular formula is C18H26ClN3O3. The number of anilines is 1. The summed E-state index contributed by atoms with van der Waals surface area (Å²) in [5.74, 6) is 0.147. The van der Waals surface area contributed by atoms with Crippen molar-refractivity contribution < 1.29 is 14.3 Å². The number of amides is 2. The molecule has 3 rings (SSSR count). The molecule has 0 aliphatic carbocycles. The van der Waals surface area contributed by atoms with Gasteiger partial charge >= 0.3 is 0 Å². The van der Waals surface area contributed by atoms with Crippen LogP contribution in [-0.4, -0.2) is 55.6 Å².